The molecule has 3 N–H and O–H groups in total. The number of morpholine rings is 1. The van der Waals surface area contributed by atoms with E-state index >= 15 is 0 Å². The van der Waals surface area contributed by atoms with Crippen molar-refractivity contribution in [2.45, 2.75) is 19.4 Å². The molecule has 0 unspecified atom stereocenters. The summed E-state index contributed by atoms with van der Waals surface area (Å²) in [5, 5.41) is 3.40. The fourth-order valence-corrected chi connectivity index (χ4v) is 3.82. The lowest BCUT2D eigenvalue weighted by Gasteiger charge is -2.32. The van der Waals surface area contributed by atoms with Gasteiger partial charge in [-0.15, -0.1) is 0 Å². The van der Waals surface area contributed by atoms with Crippen molar-refractivity contribution in [2.75, 3.05) is 54.5 Å². The molecule has 2 fully saturated rings. The summed E-state index contributed by atoms with van der Waals surface area (Å²) in [5.74, 6) is 2.41. The van der Waals surface area contributed by atoms with E-state index < -0.39 is 0 Å². The average Bonchev–Trinajstić information content (AvgIpc) is 2.79. The lowest BCUT2D eigenvalue weighted by Crippen LogP contribution is -2.39. The van der Waals surface area contributed by atoms with Crippen LogP contribution in [0.3, 0.4) is 0 Å². The SMILES string of the molecule is NC(=O)C1CCN(c2ncccc2CNc2cc(N3CCOCC3)ncn2)CC1. The molecule has 0 aromatic carbocycles. The third-order valence-electron chi connectivity index (χ3n) is 5.51. The van der Waals surface area contributed by atoms with Gasteiger partial charge in [0.15, 0.2) is 0 Å². The van der Waals surface area contributed by atoms with Gasteiger partial charge >= 0.3 is 0 Å². The topological polar surface area (TPSA) is 110 Å². The van der Waals surface area contributed by atoms with E-state index in [1.807, 2.05) is 12.1 Å². The molecule has 2 saturated heterocycles. The van der Waals surface area contributed by atoms with E-state index in [1.165, 1.54) is 0 Å². The first-order chi connectivity index (χ1) is 14.2. The van der Waals surface area contributed by atoms with E-state index in [2.05, 4.69) is 36.1 Å². The Hall–Kier alpha value is -2.94. The lowest BCUT2D eigenvalue weighted by atomic mass is 9.96. The van der Waals surface area contributed by atoms with Crippen LogP contribution >= 0.6 is 0 Å². The summed E-state index contributed by atoms with van der Waals surface area (Å²) in [6.45, 7) is 5.29. The molecule has 0 saturated carbocycles. The van der Waals surface area contributed by atoms with Crippen molar-refractivity contribution in [3.05, 3.63) is 36.3 Å². The number of nitrogens with two attached hydrogens (primary N) is 1. The number of anilines is 3. The second kappa shape index (κ2) is 9.04. The van der Waals surface area contributed by atoms with Gasteiger partial charge in [0.25, 0.3) is 0 Å². The standard InChI is InChI=1S/C20H27N7O2/c21-19(28)15-3-6-27(7-4-15)20-16(2-1-5-22-20)13-23-17-12-18(25-14-24-17)26-8-10-29-11-9-26/h1-2,5,12,14-15H,3-4,6-11,13H2,(H2,21,28)(H,23,24,25). The Morgan fingerprint density at radius 2 is 1.93 bits per heavy atom. The molecule has 0 radical (unpaired) electrons. The van der Waals surface area contributed by atoms with Crippen LogP contribution in [-0.4, -0.2) is 60.3 Å². The summed E-state index contributed by atoms with van der Waals surface area (Å²) >= 11 is 0. The summed E-state index contributed by atoms with van der Waals surface area (Å²) in [4.78, 5) is 29.2. The van der Waals surface area contributed by atoms with Crippen LogP contribution in [0.2, 0.25) is 0 Å². The minimum Gasteiger partial charge on any atom is -0.378 e. The highest BCUT2D eigenvalue weighted by atomic mass is 16.5. The molecular formula is C20H27N7O2. The Balaban J connectivity index is 1.41. The normalized spacial score (nSPS) is 17.9. The first kappa shape index (κ1) is 19.4. The number of hydrogen-bond donors (Lipinski definition) is 2. The number of hydrogen-bond acceptors (Lipinski definition) is 8. The van der Waals surface area contributed by atoms with E-state index in [0.717, 1.165) is 75.3 Å². The van der Waals surface area contributed by atoms with Crippen molar-refractivity contribution in [3.63, 3.8) is 0 Å². The minimum absolute atomic E-state index is 0.0313. The Labute approximate surface area is 170 Å². The second-order valence-electron chi connectivity index (χ2n) is 7.36. The Morgan fingerprint density at radius 3 is 2.69 bits per heavy atom. The Kier molecular flexibility index (Phi) is 6.04. The fraction of sp³-hybridized carbons (Fsp3) is 0.500. The molecule has 9 nitrogen and oxygen atoms in total. The van der Waals surface area contributed by atoms with Gasteiger partial charge in [-0.05, 0) is 18.9 Å². The van der Waals surface area contributed by atoms with Gasteiger partial charge in [0.1, 0.15) is 23.8 Å². The molecular weight excluding hydrogens is 370 g/mol. The molecule has 2 aliphatic heterocycles. The van der Waals surface area contributed by atoms with Crippen molar-refractivity contribution in [3.8, 4) is 0 Å². The van der Waals surface area contributed by atoms with Crippen molar-refractivity contribution < 1.29 is 9.53 Å². The van der Waals surface area contributed by atoms with Crippen molar-refractivity contribution in [1.82, 2.24) is 15.0 Å². The van der Waals surface area contributed by atoms with Gasteiger partial charge in [-0.1, -0.05) is 6.07 Å². The highest BCUT2D eigenvalue weighted by Gasteiger charge is 2.25. The van der Waals surface area contributed by atoms with Crippen molar-refractivity contribution in [2.24, 2.45) is 11.7 Å². The number of carbonyl (C=O) groups is 1. The van der Waals surface area contributed by atoms with Gasteiger partial charge in [-0.25, -0.2) is 15.0 Å². The van der Waals surface area contributed by atoms with Crippen LogP contribution in [0, 0.1) is 5.92 Å². The lowest BCUT2D eigenvalue weighted by molar-refractivity contribution is -0.122. The number of nitrogens with one attached hydrogen (secondary N) is 1. The molecule has 0 atom stereocenters. The van der Waals surface area contributed by atoms with E-state index in [0.29, 0.717) is 6.54 Å². The van der Waals surface area contributed by atoms with Crippen LogP contribution < -0.4 is 20.9 Å². The van der Waals surface area contributed by atoms with Gasteiger partial charge in [0.05, 0.1) is 13.2 Å². The van der Waals surface area contributed by atoms with E-state index in [-0.39, 0.29) is 11.8 Å². The summed E-state index contributed by atoms with van der Waals surface area (Å²) in [7, 11) is 0. The zero-order valence-electron chi connectivity index (χ0n) is 16.5. The molecule has 29 heavy (non-hydrogen) atoms. The maximum Gasteiger partial charge on any atom is 0.220 e. The van der Waals surface area contributed by atoms with Crippen LogP contribution in [0.1, 0.15) is 18.4 Å². The Bertz CT molecular complexity index is 833. The molecule has 4 rings (SSSR count). The number of amides is 1. The van der Waals surface area contributed by atoms with Crippen LogP contribution in [0.4, 0.5) is 17.5 Å². The molecule has 154 valence electrons. The summed E-state index contributed by atoms with van der Waals surface area (Å²) < 4.78 is 5.41. The Morgan fingerprint density at radius 1 is 1.14 bits per heavy atom. The van der Waals surface area contributed by atoms with Crippen LogP contribution in [-0.2, 0) is 16.1 Å². The maximum atomic E-state index is 11.4. The molecule has 4 heterocycles. The number of primary amides is 1. The zero-order chi connectivity index (χ0) is 20.1. The first-order valence-electron chi connectivity index (χ1n) is 10.1. The van der Waals surface area contributed by atoms with Crippen LogP contribution in [0.25, 0.3) is 0 Å². The van der Waals surface area contributed by atoms with Gasteiger partial charge in [0, 0.05) is 56.5 Å². The molecule has 2 aliphatic rings. The smallest absolute Gasteiger partial charge is 0.220 e. The number of nitrogens with zero attached hydrogens (tertiary/aromatic N) is 5. The van der Waals surface area contributed by atoms with Crippen LogP contribution in [0.15, 0.2) is 30.7 Å². The maximum absolute atomic E-state index is 11.4. The monoisotopic (exact) mass is 397 g/mol. The second-order valence-corrected chi connectivity index (χ2v) is 7.36. The van der Waals surface area contributed by atoms with Crippen molar-refractivity contribution >= 4 is 23.4 Å². The van der Waals surface area contributed by atoms with Gasteiger partial charge < -0.3 is 25.6 Å². The molecule has 0 spiro atoms. The van der Waals surface area contributed by atoms with Gasteiger partial charge in [-0.3, -0.25) is 4.79 Å². The molecule has 2 aromatic rings. The zero-order valence-corrected chi connectivity index (χ0v) is 16.5. The van der Waals surface area contributed by atoms with E-state index in [9.17, 15) is 4.79 Å². The molecule has 1 amide bonds. The predicted molar refractivity (Wildman–Crippen MR) is 111 cm³/mol. The summed E-state index contributed by atoms with van der Waals surface area (Å²) in [6.07, 6.45) is 4.94. The van der Waals surface area contributed by atoms with Gasteiger partial charge in [-0.2, -0.15) is 0 Å². The summed E-state index contributed by atoms with van der Waals surface area (Å²) in [5.41, 5.74) is 6.55. The third kappa shape index (κ3) is 4.73. The first-order valence-corrected chi connectivity index (χ1v) is 10.1. The fourth-order valence-electron chi connectivity index (χ4n) is 3.82. The number of ether oxygens (including phenoxy) is 1. The predicted octanol–water partition coefficient (Wildman–Crippen LogP) is 1.02. The highest BCUT2D eigenvalue weighted by Crippen LogP contribution is 2.25. The van der Waals surface area contributed by atoms with Crippen LogP contribution in [0.5, 0.6) is 0 Å². The number of carbonyl (C=O) groups excluding carboxylic acids is 1. The van der Waals surface area contributed by atoms with E-state index in [4.69, 9.17) is 10.5 Å². The number of pyridine rings is 1. The average molecular weight is 397 g/mol. The molecule has 0 bridgehead atoms. The third-order valence-corrected chi connectivity index (χ3v) is 5.51. The van der Waals surface area contributed by atoms with Gasteiger partial charge in [0.2, 0.25) is 5.91 Å². The quantitative estimate of drug-likeness (QED) is 0.744. The minimum atomic E-state index is -0.201. The number of rotatable bonds is 6. The number of piperidine rings is 1. The molecule has 2 aromatic heterocycles. The van der Waals surface area contributed by atoms with Crippen molar-refractivity contribution in [1.29, 1.82) is 0 Å². The highest BCUT2D eigenvalue weighted by molar-refractivity contribution is 5.77. The van der Waals surface area contributed by atoms with E-state index in [1.54, 1.807) is 12.5 Å². The largest absolute Gasteiger partial charge is 0.378 e. The molecule has 9 heteroatoms. The number of aromatic nitrogens is 3. The molecule has 0 aliphatic carbocycles. The summed E-state index contributed by atoms with van der Waals surface area (Å²) in [6, 6.07) is 5.98.